The van der Waals surface area contributed by atoms with Crippen molar-refractivity contribution in [3.8, 4) is 5.75 Å². The number of hydrogen-bond acceptors (Lipinski definition) is 4. The molecule has 0 spiro atoms. The zero-order chi connectivity index (χ0) is 23.7. The van der Waals surface area contributed by atoms with E-state index in [4.69, 9.17) is 4.74 Å². The maximum atomic E-state index is 14.0. The molecule has 1 amide bonds. The highest BCUT2D eigenvalue weighted by Gasteiger charge is 2.19. The van der Waals surface area contributed by atoms with Crippen LogP contribution in [0.4, 0.5) is 10.1 Å². The lowest BCUT2D eigenvalue weighted by molar-refractivity contribution is -0.116. The number of aromatic nitrogens is 3. The van der Waals surface area contributed by atoms with Gasteiger partial charge < -0.3 is 14.6 Å². The first kappa shape index (κ1) is 21.4. The topological polar surface area (TPSA) is 78.2 Å². The molecule has 0 radical (unpaired) electrons. The molecule has 0 saturated carbocycles. The highest BCUT2D eigenvalue weighted by molar-refractivity contribution is 6.06. The highest BCUT2D eigenvalue weighted by Crippen LogP contribution is 2.26. The molecule has 2 aromatic heterocycles. The number of halogens is 1. The minimum atomic E-state index is -0.440. The van der Waals surface area contributed by atoms with Crippen LogP contribution in [0.15, 0.2) is 83.9 Å². The number of methoxy groups -OCH3 is 1. The van der Waals surface area contributed by atoms with Crippen LogP contribution in [-0.2, 0) is 17.9 Å². The Morgan fingerprint density at radius 2 is 1.82 bits per heavy atom. The lowest BCUT2D eigenvalue weighted by Gasteiger charge is -2.10. The Kier molecular flexibility index (Phi) is 5.55. The van der Waals surface area contributed by atoms with E-state index in [0.29, 0.717) is 34.4 Å². The minimum Gasteiger partial charge on any atom is -0.497 e. The molecule has 0 aliphatic carbocycles. The normalized spacial score (nSPS) is 11.1. The zero-order valence-corrected chi connectivity index (χ0v) is 18.4. The number of hydrogen-bond donors (Lipinski definition) is 1. The summed E-state index contributed by atoms with van der Waals surface area (Å²) in [5, 5.41) is 3.31. The summed E-state index contributed by atoms with van der Waals surface area (Å²) in [4.78, 5) is 30.9. The first-order valence-corrected chi connectivity index (χ1v) is 10.7. The minimum absolute atomic E-state index is 0.135. The predicted octanol–water partition coefficient (Wildman–Crippen LogP) is 4.19. The first-order valence-electron chi connectivity index (χ1n) is 10.7. The van der Waals surface area contributed by atoms with Crippen molar-refractivity contribution in [3.05, 3.63) is 101 Å². The SMILES string of the molecule is COc1ccc(NC(=O)Cn2c3ccc(F)cc3c3ncn(Cc4ccccc4)c(=O)c32)cc1. The molecule has 3 aromatic carbocycles. The van der Waals surface area contributed by atoms with E-state index in [1.54, 1.807) is 42.0 Å². The van der Waals surface area contributed by atoms with Gasteiger partial charge in [-0.3, -0.25) is 14.2 Å². The van der Waals surface area contributed by atoms with Crippen LogP contribution in [0.5, 0.6) is 5.75 Å². The summed E-state index contributed by atoms with van der Waals surface area (Å²) in [5.74, 6) is -0.0943. The number of carbonyl (C=O) groups is 1. The molecular weight excluding hydrogens is 435 g/mol. The van der Waals surface area contributed by atoms with Gasteiger partial charge in [-0.1, -0.05) is 30.3 Å². The molecule has 8 heteroatoms. The van der Waals surface area contributed by atoms with Gasteiger partial charge in [0.05, 0.1) is 25.5 Å². The van der Waals surface area contributed by atoms with E-state index >= 15 is 0 Å². The maximum absolute atomic E-state index is 14.0. The number of rotatable bonds is 6. The second-order valence-electron chi connectivity index (χ2n) is 7.88. The third-order valence-electron chi connectivity index (χ3n) is 5.66. The van der Waals surface area contributed by atoms with Crippen molar-refractivity contribution in [2.24, 2.45) is 0 Å². The van der Waals surface area contributed by atoms with Crippen LogP contribution < -0.4 is 15.6 Å². The summed E-state index contributed by atoms with van der Waals surface area (Å²) >= 11 is 0. The van der Waals surface area contributed by atoms with Gasteiger partial charge in [0, 0.05) is 11.1 Å². The fraction of sp³-hybridized carbons (Fsp3) is 0.115. The van der Waals surface area contributed by atoms with Crippen LogP contribution in [0, 0.1) is 5.82 Å². The Morgan fingerprint density at radius 3 is 2.56 bits per heavy atom. The Balaban J connectivity index is 1.57. The van der Waals surface area contributed by atoms with E-state index in [-0.39, 0.29) is 23.5 Å². The summed E-state index contributed by atoms with van der Waals surface area (Å²) in [6.45, 7) is 0.195. The molecule has 0 aliphatic rings. The molecule has 0 bridgehead atoms. The Hall–Kier alpha value is -4.46. The predicted molar refractivity (Wildman–Crippen MR) is 129 cm³/mol. The third kappa shape index (κ3) is 4.01. The summed E-state index contributed by atoms with van der Waals surface area (Å²) in [5.41, 5.74) is 2.41. The third-order valence-corrected chi connectivity index (χ3v) is 5.66. The lowest BCUT2D eigenvalue weighted by Crippen LogP contribution is -2.25. The van der Waals surface area contributed by atoms with E-state index in [1.165, 1.54) is 23.0 Å². The van der Waals surface area contributed by atoms with Crippen LogP contribution in [0.2, 0.25) is 0 Å². The van der Waals surface area contributed by atoms with Crippen LogP contribution >= 0.6 is 0 Å². The molecule has 5 aromatic rings. The van der Waals surface area contributed by atoms with Crippen molar-refractivity contribution in [3.63, 3.8) is 0 Å². The summed E-state index contributed by atoms with van der Waals surface area (Å²) in [7, 11) is 1.57. The van der Waals surface area contributed by atoms with E-state index in [9.17, 15) is 14.0 Å². The molecule has 7 nitrogen and oxygen atoms in total. The van der Waals surface area contributed by atoms with Gasteiger partial charge in [-0.15, -0.1) is 0 Å². The molecule has 0 aliphatic heterocycles. The fourth-order valence-corrected chi connectivity index (χ4v) is 4.05. The lowest BCUT2D eigenvalue weighted by atomic mass is 10.2. The van der Waals surface area contributed by atoms with Crippen molar-refractivity contribution in [2.45, 2.75) is 13.1 Å². The number of nitrogens with one attached hydrogen (secondary N) is 1. The molecule has 2 heterocycles. The second kappa shape index (κ2) is 8.82. The molecule has 170 valence electrons. The smallest absolute Gasteiger partial charge is 0.278 e. The number of benzene rings is 3. The van der Waals surface area contributed by atoms with Gasteiger partial charge in [-0.25, -0.2) is 9.37 Å². The largest absolute Gasteiger partial charge is 0.497 e. The average molecular weight is 456 g/mol. The number of fused-ring (bicyclic) bond motifs is 3. The maximum Gasteiger partial charge on any atom is 0.278 e. The van der Waals surface area contributed by atoms with E-state index in [0.717, 1.165) is 5.56 Å². The molecule has 0 saturated heterocycles. The van der Waals surface area contributed by atoms with Crippen molar-refractivity contribution in [2.75, 3.05) is 12.4 Å². The van der Waals surface area contributed by atoms with Crippen molar-refractivity contribution < 1.29 is 13.9 Å². The number of amides is 1. The molecular formula is C26H21FN4O3. The number of nitrogens with zero attached hydrogens (tertiary/aromatic N) is 3. The van der Waals surface area contributed by atoms with Gasteiger partial charge in [-0.2, -0.15) is 0 Å². The Labute approximate surface area is 194 Å². The van der Waals surface area contributed by atoms with Crippen LogP contribution in [0.1, 0.15) is 5.56 Å². The van der Waals surface area contributed by atoms with Gasteiger partial charge in [0.25, 0.3) is 5.56 Å². The average Bonchev–Trinajstić information content (AvgIpc) is 3.15. The Bertz CT molecular complexity index is 1560. The molecule has 0 fully saturated rings. The molecule has 0 unspecified atom stereocenters. The zero-order valence-electron chi connectivity index (χ0n) is 18.4. The van der Waals surface area contributed by atoms with E-state index in [1.807, 2.05) is 30.3 Å². The Morgan fingerprint density at radius 1 is 1.06 bits per heavy atom. The molecule has 1 N–H and O–H groups in total. The first-order chi connectivity index (χ1) is 16.5. The van der Waals surface area contributed by atoms with Gasteiger partial charge in [0.1, 0.15) is 29.1 Å². The van der Waals surface area contributed by atoms with Gasteiger partial charge in [0.15, 0.2) is 0 Å². The monoisotopic (exact) mass is 456 g/mol. The van der Waals surface area contributed by atoms with Crippen molar-refractivity contribution in [1.82, 2.24) is 14.1 Å². The number of anilines is 1. The van der Waals surface area contributed by atoms with Crippen LogP contribution in [0.25, 0.3) is 21.9 Å². The molecule has 5 rings (SSSR count). The highest BCUT2D eigenvalue weighted by atomic mass is 19.1. The summed E-state index contributed by atoms with van der Waals surface area (Å²) in [6.07, 6.45) is 1.46. The molecule has 34 heavy (non-hydrogen) atoms. The van der Waals surface area contributed by atoms with Gasteiger partial charge >= 0.3 is 0 Å². The van der Waals surface area contributed by atoms with Crippen molar-refractivity contribution >= 4 is 33.5 Å². The standard InChI is InChI=1S/C26H21FN4O3/c1-34-20-10-8-19(9-11-20)29-23(32)15-31-22-12-7-18(27)13-21(22)24-25(31)26(33)30(16-28-24)14-17-5-3-2-4-6-17/h2-13,16H,14-15H2,1H3,(H,29,32). The quantitative estimate of drug-likeness (QED) is 0.416. The summed E-state index contributed by atoms with van der Waals surface area (Å²) < 4.78 is 22.3. The molecule has 0 atom stereocenters. The van der Waals surface area contributed by atoms with Crippen LogP contribution in [-0.4, -0.2) is 27.1 Å². The fourth-order valence-electron chi connectivity index (χ4n) is 4.05. The van der Waals surface area contributed by atoms with Gasteiger partial charge in [0.2, 0.25) is 5.91 Å². The van der Waals surface area contributed by atoms with Crippen LogP contribution in [0.3, 0.4) is 0 Å². The second-order valence-corrected chi connectivity index (χ2v) is 7.88. The number of ether oxygens (including phenoxy) is 1. The van der Waals surface area contributed by atoms with E-state index in [2.05, 4.69) is 10.3 Å². The summed E-state index contributed by atoms with van der Waals surface area (Å²) in [6, 6.07) is 20.7. The van der Waals surface area contributed by atoms with E-state index < -0.39 is 5.82 Å². The van der Waals surface area contributed by atoms with Crippen molar-refractivity contribution in [1.29, 1.82) is 0 Å². The number of carbonyl (C=O) groups excluding carboxylic acids is 1. The van der Waals surface area contributed by atoms with Gasteiger partial charge in [-0.05, 0) is 48.0 Å².